The monoisotopic (exact) mass is 480 g/mol. The number of fused-ring (bicyclic) bond motifs is 1. The molecule has 3 aliphatic rings. The van der Waals surface area contributed by atoms with Gasteiger partial charge >= 0.3 is 0 Å². The molecule has 3 saturated heterocycles. The Hall–Kier alpha value is -0.130. The summed E-state index contributed by atoms with van der Waals surface area (Å²) in [7, 11) is 0. The summed E-state index contributed by atoms with van der Waals surface area (Å²) in [6.45, 7) is 5.28. The Morgan fingerprint density at radius 2 is 2.03 bits per heavy atom. The first-order valence-corrected chi connectivity index (χ1v) is 13.0. The van der Waals surface area contributed by atoms with Crippen molar-refractivity contribution >= 4 is 29.3 Å². The number of thioether (sulfide) groups is 1. The molecule has 3 heterocycles. The molecule has 0 aromatic rings. The highest BCUT2D eigenvalue weighted by Crippen LogP contribution is 2.33. The van der Waals surface area contributed by atoms with Gasteiger partial charge in [0.15, 0.2) is 0 Å². The molecule has 3 rings (SSSR count). The van der Waals surface area contributed by atoms with Crippen LogP contribution in [-0.4, -0.2) is 94.1 Å². The number of halogens is 1. The summed E-state index contributed by atoms with van der Waals surface area (Å²) < 4.78 is 11.9. The van der Waals surface area contributed by atoms with Crippen molar-refractivity contribution in [2.75, 3.05) is 19.4 Å². The fraction of sp³-hybridized carbons (Fsp3) is 0.952. The highest BCUT2D eigenvalue weighted by atomic mass is 35.5. The second kappa shape index (κ2) is 11.3. The van der Waals surface area contributed by atoms with E-state index < -0.39 is 47.3 Å². The van der Waals surface area contributed by atoms with E-state index in [-0.39, 0.29) is 17.9 Å². The topological polar surface area (TPSA) is 120 Å². The molecule has 1 amide bonds. The quantitative estimate of drug-likeness (QED) is 0.333. The van der Waals surface area contributed by atoms with Gasteiger partial charge in [0.2, 0.25) is 5.91 Å². The van der Waals surface area contributed by atoms with Crippen LogP contribution < -0.4 is 10.6 Å². The third-order valence-electron chi connectivity index (χ3n) is 6.84. The van der Waals surface area contributed by atoms with Gasteiger partial charge < -0.3 is 35.4 Å². The fourth-order valence-corrected chi connectivity index (χ4v) is 6.02. The number of rotatable bonds is 7. The van der Waals surface area contributed by atoms with Crippen molar-refractivity contribution in [2.45, 2.75) is 92.9 Å². The molecule has 0 saturated carbocycles. The molecule has 8 nitrogen and oxygen atoms in total. The van der Waals surface area contributed by atoms with Crippen molar-refractivity contribution in [3.63, 3.8) is 0 Å². The number of hydrogen-bond donors (Lipinski definition) is 5. The molecule has 31 heavy (non-hydrogen) atoms. The van der Waals surface area contributed by atoms with E-state index in [1.165, 1.54) is 18.2 Å². The van der Waals surface area contributed by atoms with Gasteiger partial charge in [0, 0.05) is 13.2 Å². The van der Waals surface area contributed by atoms with Crippen LogP contribution in [0.2, 0.25) is 0 Å². The minimum atomic E-state index is -1.39. The van der Waals surface area contributed by atoms with Gasteiger partial charge in [-0.3, -0.25) is 4.79 Å². The average Bonchev–Trinajstić information content (AvgIpc) is 3.02. The van der Waals surface area contributed by atoms with Crippen molar-refractivity contribution in [3.05, 3.63) is 0 Å². The minimum absolute atomic E-state index is 0.198. The summed E-state index contributed by atoms with van der Waals surface area (Å²) in [6.07, 6.45) is 1.00. The maximum Gasteiger partial charge on any atom is 0.240 e. The van der Waals surface area contributed by atoms with Gasteiger partial charge in [0.25, 0.3) is 0 Å². The van der Waals surface area contributed by atoms with E-state index in [9.17, 15) is 20.1 Å². The van der Waals surface area contributed by atoms with E-state index >= 15 is 0 Å². The molecule has 0 radical (unpaired) electrons. The number of carbonyl (C=O) groups excluding carboxylic acids is 1. The van der Waals surface area contributed by atoms with Gasteiger partial charge in [0.05, 0.1) is 17.5 Å². The Labute approximate surface area is 193 Å². The first-order valence-electron chi connectivity index (χ1n) is 11.3. The largest absolute Gasteiger partial charge is 0.388 e. The lowest BCUT2D eigenvalue weighted by Gasteiger charge is -2.44. The van der Waals surface area contributed by atoms with Gasteiger partial charge in [-0.1, -0.05) is 19.8 Å². The van der Waals surface area contributed by atoms with Gasteiger partial charge in [-0.2, -0.15) is 0 Å². The van der Waals surface area contributed by atoms with Crippen LogP contribution in [-0.2, 0) is 14.3 Å². The summed E-state index contributed by atoms with van der Waals surface area (Å²) >= 11 is 7.60. The summed E-state index contributed by atoms with van der Waals surface area (Å²) in [6, 6.07) is -1.25. The van der Waals surface area contributed by atoms with Crippen LogP contribution >= 0.6 is 23.4 Å². The second-order valence-electron chi connectivity index (χ2n) is 9.05. The SMILES string of the molecule is CCC[C@@H]1CCO[C@@H]2[C@H](CN[C@@H]2C(=O)N[C@H]([C@H](C)Cl)[C@H]2OC(SC)[C@H](O)[C@H](O)C2O)C1. The zero-order valence-electron chi connectivity index (χ0n) is 18.4. The van der Waals surface area contributed by atoms with Crippen molar-refractivity contribution in [2.24, 2.45) is 11.8 Å². The molecular formula is C21H37ClN2O6S. The zero-order valence-corrected chi connectivity index (χ0v) is 20.0. The predicted molar refractivity (Wildman–Crippen MR) is 120 cm³/mol. The molecule has 10 heteroatoms. The lowest BCUT2D eigenvalue weighted by atomic mass is 9.87. The fourth-order valence-electron chi connectivity index (χ4n) is 5.14. The number of carbonyl (C=O) groups is 1. The third kappa shape index (κ3) is 5.69. The third-order valence-corrected chi connectivity index (χ3v) is 7.97. The summed E-state index contributed by atoms with van der Waals surface area (Å²) in [5.74, 6) is 0.661. The second-order valence-corrected chi connectivity index (χ2v) is 10.7. The Morgan fingerprint density at radius 3 is 2.68 bits per heavy atom. The van der Waals surface area contributed by atoms with Gasteiger partial charge in [-0.25, -0.2) is 0 Å². The summed E-state index contributed by atoms with van der Waals surface area (Å²) in [4.78, 5) is 13.2. The smallest absolute Gasteiger partial charge is 0.240 e. The number of ether oxygens (including phenoxy) is 2. The number of amides is 1. The van der Waals surface area contributed by atoms with Crippen molar-refractivity contribution in [1.82, 2.24) is 10.6 Å². The van der Waals surface area contributed by atoms with Crippen molar-refractivity contribution < 1.29 is 29.6 Å². The van der Waals surface area contributed by atoms with Crippen LogP contribution in [0.1, 0.15) is 39.5 Å². The van der Waals surface area contributed by atoms with Crippen molar-refractivity contribution in [1.29, 1.82) is 0 Å². The van der Waals surface area contributed by atoms with Crippen LogP contribution in [0.3, 0.4) is 0 Å². The average molecular weight is 481 g/mol. The first kappa shape index (κ1) is 25.5. The number of aliphatic hydroxyl groups is 3. The van der Waals surface area contributed by atoms with Crippen LogP contribution in [0.5, 0.6) is 0 Å². The molecule has 0 bridgehead atoms. The molecule has 0 aromatic carbocycles. The molecule has 0 aliphatic carbocycles. The lowest BCUT2D eigenvalue weighted by Crippen LogP contribution is -2.65. The number of alkyl halides is 1. The molecule has 5 N–H and O–H groups in total. The Kier molecular flexibility index (Phi) is 9.32. The standard InChI is InChI=1S/C21H37ClN2O6S/c1-4-5-11-6-7-29-18-12(8-11)9-23-14(18)20(28)24-13(10(2)22)19-16(26)15(25)17(27)21(30-19)31-3/h10-19,21,23,25-27H,4-9H2,1-3H3,(H,24,28)/t10-,11+,12-,13+,14-,15+,16?,17+,18+,19+,21?/m0/s1. The van der Waals surface area contributed by atoms with E-state index in [0.717, 1.165) is 25.8 Å². The van der Waals surface area contributed by atoms with Crippen LogP contribution in [0.25, 0.3) is 0 Å². The molecule has 0 spiro atoms. The number of nitrogens with one attached hydrogen (secondary N) is 2. The van der Waals surface area contributed by atoms with Crippen LogP contribution in [0.15, 0.2) is 0 Å². The van der Waals surface area contributed by atoms with E-state index in [4.69, 9.17) is 21.1 Å². The van der Waals surface area contributed by atoms with Gasteiger partial charge in [-0.05, 0) is 37.9 Å². The molecule has 180 valence electrons. The van der Waals surface area contributed by atoms with Crippen LogP contribution in [0.4, 0.5) is 0 Å². The zero-order chi connectivity index (χ0) is 22.7. The maximum absolute atomic E-state index is 13.2. The maximum atomic E-state index is 13.2. The highest BCUT2D eigenvalue weighted by molar-refractivity contribution is 7.99. The van der Waals surface area contributed by atoms with E-state index in [1.54, 1.807) is 13.2 Å². The molecule has 2 unspecified atom stereocenters. The van der Waals surface area contributed by atoms with Crippen LogP contribution in [0, 0.1) is 11.8 Å². The molecule has 3 fully saturated rings. The van der Waals surface area contributed by atoms with Crippen molar-refractivity contribution in [3.8, 4) is 0 Å². The minimum Gasteiger partial charge on any atom is -0.388 e. The number of aliphatic hydroxyl groups excluding tert-OH is 3. The molecule has 11 atom stereocenters. The molecule has 0 aromatic heterocycles. The van der Waals surface area contributed by atoms with E-state index in [0.29, 0.717) is 12.5 Å². The predicted octanol–water partition coefficient (Wildman–Crippen LogP) is 0.452. The first-order chi connectivity index (χ1) is 14.8. The molecule has 3 aliphatic heterocycles. The Balaban J connectivity index is 1.68. The van der Waals surface area contributed by atoms with E-state index in [2.05, 4.69) is 17.6 Å². The summed E-state index contributed by atoms with van der Waals surface area (Å²) in [5, 5.41) is 36.6. The van der Waals surface area contributed by atoms with E-state index in [1.807, 2.05) is 0 Å². The lowest BCUT2D eigenvalue weighted by molar-refractivity contribution is -0.205. The molecular weight excluding hydrogens is 444 g/mol. The summed E-state index contributed by atoms with van der Waals surface area (Å²) in [5.41, 5.74) is -0.729. The Bertz CT molecular complexity index is 600. The highest BCUT2D eigenvalue weighted by Gasteiger charge is 2.49. The number of hydrogen-bond acceptors (Lipinski definition) is 8. The van der Waals surface area contributed by atoms with Gasteiger partial charge in [0.1, 0.15) is 35.9 Å². The van der Waals surface area contributed by atoms with Gasteiger partial charge in [-0.15, -0.1) is 23.4 Å². The Morgan fingerprint density at radius 1 is 1.29 bits per heavy atom. The normalized spacial score (nSPS) is 43.0.